The highest BCUT2D eigenvalue weighted by Crippen LogP contribution is 2.28. The molecule has 2 rings (SSSR count). The second-order valence-electron chi connectivity index (χ2n) is 4.65. The molecule has 0 saturated heterocycles. The first-order valence-electron chi connectivity index (χ1n) is 6.63. The Morgan fingerprint density at radius 1 is 0.895 bits per heavy atom. The molecule has 2 aromatic rings. The molecule has 0 heterocycles. The van der Waals surface area contributed by atoms with Gasteiger partial charge in [-0.25, -0.2) is 0 Å². The van der Waals surface area contributed by atoms with E-state index in [9.17, 15) is 0 Å². The average Bonchev–Trinajstić information content (AvgIpc) is 2.49. The van der Waals surface area contributed by atoms with Crippen LogP contribution in [0.2, 0.25) is 0 Å². The molecule has 0 amide bonds. The minimum atomic E-state index is 0.259. The molecule has 1 atom stereocenters. The molecule has 100 valence electrons. The summed E-state index contributed by atoms with van der Waals surface area (Å²) in [4.78, 5) is 0. The summed E-state index contributed by atoms with van der Waals surface area (Å²) in [6.45, 7) is 0.685. The van der Waals surface area contributed by atoms with Gasteiger partial charge >= 0.3 is 0 Å². The van der Waals surface area contributed by atoms with Crippen molar-refractivity contribution in [3.05, 3.63) is 71.8 Å². The molecule has 1 N–H and O–H groups in total. The predicted octanol–water partition coefficient (Wildman–Crippen LogP) is 3.05. The van der Waals surface area contributed by atoms with E-state index in [1.165, 1.54) is 11.1 Å². The summed E-state index contributed by atoms with van der Waals surface area (Å²) < 4.78 is 5.36. The van der Waals surface area contributed by atoms with E-state index >= 15 is 0 Å². The molecule has 0 radical (unpaired) electrons. The van der Waals surface area contributed by atoms with Gasteiger partial charge in [0.05, 0.1) is 6.61 Å². The molecule has 0 aromatic heterocycles. The molecule has 0 aliphatic carbocycles. The van der Waals surface area contributed by atoms with Crippen molar-refractivity contribution in [3.8, 4) is 0 Å². The van der Waals surface area contributed by atoms with E-state index in [0.29, 0.717) is 12.5 Å². The summed E-state index contributed by atoms with van der Waals surface area (Å²) >= 11 is 0. The van der Waals surface area contributed by atoms with Crippen LogP contribution in [0.3, 0.4) is 0 Å². The minimum absolute atomic E-state index is 0.259. The van der Waals surface area contributed by atoms with Crippen LogP contribution in [0.15, 0.2) is 60.7 Å². The van der Waals surface area contributed by atoms with Crippen molar-refractivity contribution in [1.29, 1.82) is 0 Å². The van der Waals surface area contributed by atoms with Gasteiger partial charge in [0, 0.05) is 19.1 Å². The second kappa shape index (κ2) is 7.07. The van der Waals surface area contributed by atoms with Crippen molar-refractivity contribution >= 4 is 0 Å². The fourth-order valence-corrected chi connectivity index (χ4v) is 2.50. The topological polar surface area (TPSA) is 21.3 Å². The lowest BCUT2D eigenvalue weighted by atomic mass is 9.85. The van der Waals surface area contributed by atoms with E-state index < -0.39 is 0 Å². The molecule has 2 aromatic carbocycles. The number of likely N-dealkylation sites (N-methyl/N-ethyl adjacent to an activating group) is 1. The van der Waals surface area contributed by atoms with Crippen LogP contribution in [0.5, 0.6) is 0 Å². The number of methoxy groups -OCH3 is 1. The first-order chi connectivity index (χ1) is 9.36. The number of rotatable bonds is 6. The number of hydrogen-bond acceptors (Lipinski definition) is 2. The van der Waals surface area contributed by atoms with E-state index in [1.54, 1.807) is 7.11 Å². The van der Waals surface area contributed by atoms with Gasteiger partial charge in [-0.2, -0.15) is 0 Å². The van der Waals surface area contributed by atoms with Crippen LogP contribution in [-0.4, -0.2) is 26.8 Å². The van der Waals surface area contributed by atoms with Gasteiger partial charge in [-0.1, -0.05) is 60.7 Å². The maximum absolute atomic E-state index is 5.36. The summed E-state index contributed by atoms with van der Waals surface area (Å²) in [5.41, 5.74) is 2.62. The Morgan fingerprint density at radius 2 is 1.37 bits per heavy atom. The first kappa shape index (κ1) is 13.8. The Bertz CT molecular complexity index is 430. The summed E-state index contributed by atoms with van der Waals surface area (Å²) in [5.74, 6) is 0.298. The molecule has 0 spiro atoms. The van der Waals surface area contributed by atoms with Gasteiger partial charge in [0.2, 0.25) is 0 Å². The Hall–Kier alpha value is -1.64. The summed E-state index contributed by atoms with van der Waals surface area (Å²) in [7, 11) is 3.74. The summed E-state index contributed by atoms with van der Waals surface area (Å²) in [5, 5.41) is 3.38. The lowest BCUT2D eigenvalue weighted by Gasteiger charge is -2.27. The van der Waals surface area contributed by atoms with Gasteiger partial charge in [-0.15, -0.1) is 0 Å². The van der Waals surface area contributed by atoms with Gasteiger partial charge in [-0.05, 0) is 18.2 Å². The smallest absolute Gasteiger partial charge is 0.0625 e. The van der Waals surface area contributed by atoms with Gasteiger partial charge < -0.3 is 10.1 Å². The average molecular weight is 255 g/mol. The van der Waals surface area contributed by atoms with E-state index in [1.807, 2.05) is 7.05 Å². The molecule has 0 fully saturated rings. The van der Waals surface area contributed by atoms with E-state index in [2.05, 4.69) is 66.0 Å². The zero-order valence-electron chi connectivity index (χ0n) is 11.5. The summed E-state index contributed by atoms with van der Waals surface area (Å²) in [6, 6.07) is 21.4. The number of hydrogen-bond donors (Lipinski definition) is 1. The molecule has 19 heavy (non-hydrogen) atoms. The molecule has 2 heteroatoms. The number of benzene rings is 2. The highest BCUT2D eigenvalue weighted by atomic mass is 16.5. The maximum Gasteiger partial charge on any atom is 0.0625 e. The van der Waals surface area contributed by atoms with Crippen molar-refractivity contribution in [2.45, 2.75) is 12.0 Å². The first-order valence-corrected chi connectivity index (χ1v) is 6.63. The third-order valence-electron chi connectivity index (χ3n) is 3.44. The molecule has 0 aliphatic rings. The Morgan fingerprint density at radius 3 is 1.74 bits per heavy atom. The standard InChI is InChI=1S/C17H21NO/c1-18-16(13-19-2)17(14-9-5-3-6-10-14)15-11-7-4-8-12-15/h3-12,16-18H,13H2,1-2H3. The second-order valence-corrected chi connectivity index (χ2v) is 4.65. The van der Waals surface area contributed by atoms with Crippen molar-refractivity contribution in [1.82, 2.24) is 5.32 Å². The van der Waals surface area contributed by atoms with Crippen molar-refractivity contribution < 1.29 is 4.74 Å². The van der Waals surface area contributed by atoms with Crippen LogP contribution in [-0.2, 0) is 4.74 Å². The lowest BCUT2D eigenvalue weighted by Crippen LogP contribution is -2.36. The van der Waals surface area contributed by atoms with Gasteiger partial charge in [-0.3, -0.25) is 0 Å². The maximum atomic E-state index is 5.36. The fourth-order valence-electron chi connectivity index (χ4n) is 2.50. The molecule has 0 bridgehead atoms. The van der Waals surface area contributed by atoms with Gasteiger partial charge in [0.1, 0.15) is 0 Å². The zero-order valence-corrected chi connectivity index (χ0v) is 11.5. The van der Waals surface area contributed by atoms with E-state index in [4.69, 9.17) is 4.74 Å². The predicted molar refractivity (Wildman–Crippen MR) is 79.5 cm³/mol. The molecular weight excluding hydrogens is 234 g/mol. The molecule has 1 unspecified atom stereocenters. The Balaban J connectivity index is 2.38. The SMILES string of the molecule is CNC(COC)C(c1ccccc1)c1ccccc1. The third-order valence-corrected chi connectivity index (χ3v) is 3.44. The van der Waals surface area contributed by atoms with Crippen molar-refractivity contribution in [2.24, 2.45) is 0 Å². The normalized spacial score (nSPS) is 12.6. The molecule has 0 aliphatic heterocycles. The van der Waals surface area contributed by atoms with Crippen LogP contribution in [0.25, 0.3) is 0 Å². The Kier molecular flexibility index (Phi) is 5.13. The highest BCUT2D eigenvalue weighted by molar-refractivity contribution is 5.34. The highest BCUT2D eigenvalue weighted by Gasteiger charge is 2.23. The number of nitrogens with one attached hydrogen (secondary N) is 1. The van der Waals surface area contributed by atoms with E-state index in [-0.39, 0.29) is 6.04 Å². The van der Waals surface area contributed by atoms with Gasteiger partial charge in [0.25, 0.3) is 0 Å². The molecular formula is C17H21NO. The third kappa shape index (κ3) is 3.43. The fraction of sp³-hybridized carbons (Fsp3) is 0.294. The molecule has 0 saturated carbocycles. The number of ether oxygens (including phenoxy) is 1. The largest absolute Gasteiger partial charge is 0.383 e. The zero-order chi connectivity index (χ0) is 13.5. The van der Waals surface area contributed by atoms with Crippen LogP contribution in [0.1, 0.15) is 17.0 Å². The Labute approximate surface area is 115 Å². The van der Waals surface area contributed by atoms with Crippen molar-refractivity contribution in [2.75, 3.05) is 20.8 Å². The quantitative estimate of drug-likeness (QED) is 0.856. The molecule has 2 nitrogen and oxygen atoms in total. The van der Waals surface area contributed by atoms with Crippen LogP contribution in [0, 0.1) is 0 Å². The monoisotopic (exact) mass is 255 g/mol. The van der Waals surface area contributed by atoms with Crippen molar-refractivity contribution in [3.63, 3.8) is 0 Å². The van der Waals surface area contributed by atoms with Crippen LogP contribution >= 0.6 is 0 Å². The van der Waals surface area contributed by atoms with Crippen LogP contribution < -0.4 is 5.32 Å². The summed E-state index contributed by atoms with van der Waals surface area (Å²) in [6.07, 6.45) is 0. The van der Waals surface area contributed by atoms with Crippen LogP contribution in [0.4, 0.5) is 0 Å². The lowest BCUT2D eigenvalue weighted by molar-refractivity contribution is 0.163. The minimum Gasteiger partial charge on any atom is -0.383 e. The van der Waals surface area contributed by atoms with Gasteiger partial charge in [0.15, 0.2) is 0 Å². The van der Waals surface area contributed by atoms with E-state index in [0.717, 1.165) is 0 Å².